The van der Waals surface area contributed by atoms with Crippen LogP contribution in [0.1, 0.15) is 25.7 Å². The number of hydrogen-bond acceptors (Lipinski definition) is 4. The van der Waals surface area contributed by atoms with Crippen molar-refractivity contribution in [3.8, 4) is 0 Å². The molecule has 0 aromatic heterocycles. The predicted molar refractivity (Wildman–Crippen MR) is 74.0 cm³/mol. The Bertz CT molecular complexity index is 569. The van der Waals surface area contributed by atoms with Crippen molar-refractivity contribution >= 4 is 15.7 Å². The molecule has 0 radical (unpaired) electrons. The van der Waals surface area contributed by atoms with Crippen molar-refractivity contribution < 1.29 is 17.9 Å². The van der Waals surface area contributed by atoms with Gasteiger partial charge in [-0.05, 0) is 49.8 Å². The van der Waals surface area contributed by atoms with Crippen molar-refractivity contribution in [2.24, 2.45) is 5.92 Å². The summed E-state index contributed by atoms with van der Waals surface area (Å²) in [5, 5.41) is 9.40. The molecule has 0 atom stereocenters. The lowest BCUT2D eigenvalue weighted by Gasteiger charge is -2.25. The van der Waals surface area contributed by atoms with Gasteiger partial charge in [-0.1, -0.05) is 0 Å². The van der Waals surface area contributed by atoms with E-state index in [0.717, 1.165) is 25.0 Å². The highest BCUT2D eigenvalue weighted by Gasteiger charge is 2.22. The van der Waals surface area contributed by atoms with Gasteiger partial charge >= 0.3 is 0 Å². The third kappa shape index (κ3) is 3.68. The van der Waals surface area contributed by atoms with Crippen LogP contribution in [0.4, 0.5) is 10.1 Å². The molecule has 5 nitrogen and oxygen atoms in total. The van der Waals surface area contributed by atoms with E-state index in [1.54, 1.807) is 0 Å². The van der Waals surface area contributed by atoms with E-state index in [1.165, 1.54) is 6.07 Å². The van der Waals surface area contributed by atoms with Crippen LogP contribution in [0.3, 0.4) is 0 Å². The van der Waals surface area contributed by atoms with Gasteiger partial charge in [0.25, 0.3) is 0 Å². The Hall–Kier alpha value is -1.18. The molecular formula is C13H19FN2O3S. The van der Waals surface area contributed by atoms with Gasteiger partial charge in [-0.15, -0.1) is 0 Å². The minimum Gasteiger partial charge on any atom is -0.396 e. The van der Waals surface area contributed by atoms with E-state index in [-0.39, 0.29) is 22.6 Å². The van der Waals surface area contributed by atoms with E-state index < -0.39 is 15.8 Å². The van der Waals surface area contributed by atoms with Gasteiger partial charge in [0, 0.05) is 6.54 Å². The summed E-state index contributed by atoms with van der Waals surface area (Å²) < 4.78 is 39.7. The van der Waals surface area contributed by atoms with E-state index in [9.17, 15) is 17.9 Å². The SMILES string of the molecule is Nc1cc(S(=O)(=O)NCC2CCC(O)CC2)ccc1F. The number of benzene rings is 1. The van der Waals surface area contributed by atoms with E-state index in [4.69, 9.17) is 5.73 Å². The Kier molecular flexibility index (Phi) is 4.62. The molecule has 0 aliphatic heterocycles. The molecule has 1 aromatic carbocycles. The van der Waals surface area contributed by atoms with Crippen LogP contribution in [0.5, 0.6) is 0 Å². The lowest BCUT2D eigenvalue weighted by atomic mass is 9.88. The summed E-state index contributed by atoms with van der Waals surface area (Å²) in [6, 6.07) is 3.35. The molecule has 0 unspecified atom stereocenters. The fourth-order valence-corrected chi connectivity index (χ4v) is 3.50. The number of rotatable bonds is 4. The Morgan fingerprint density at radius 2 is 1.95 bits per heavy atom. The lowest BCUT2D eigenvalue weighted by Crippen LogP contribution is -2.32. The van der Waals surface area contributed by atoms with Gasteiger partial charge in [-0.2, -0.15) is 0 Å². The molecule has 0 saturated heterocycles. The van der Waals surface area contributed by atoms with Crippen molar-refractivity contribution in [1.29, 1.82) is 0 Å². The topological polar surface area (TPSA) is 92.4 Å². The molecule has 0 heterocycles. The van der Waals surface area contributed by atoms with Gasteiger partial charge in [-0.3, -0.25) is 0 Å². The second-order valence-electron chi connectivity index (χ2n) is 5.21. The first kappa shape index (κ1) is 15.2. The van der Waals surface area contributed by atoms with Crippen molar-refractivity contribution in [3.63, 3.8) is 0 Å². The van der Waals surface area contributed by atoms with Crippen LogP contribution >= 0.6 is 0 Å². The van der Waals surface area contributed by atoms with Gasteiger partial charge in [0.15, 0.2) is 0 Å². The Morgan fingerprint density at radius 3 is 2.55 bits per heavy atom. The number of nitrogens with one attached hydrogen (secondary N) is 1. The van der Waals surface area contributed by atoms with Gasteiger partial charge in [0.05, 0.1) is 16.7 Å². The number of aliphatic hydroxyl groups is 1. The normalized spacial score (nSPS) is 23.7. The maximum atomic E-state index is 13.0. The minimum atomic E-state index is -3.67. The molecular weight excluding hydrogens is 283 g/mol. The summed E-state index contributed by atoms with van der Waals surface area (Å²) in [4.78, 5) is -0.0350. The number of aliphatic hydroxyl groups excluding tert-OH is 1. The zero-order valence-electron chi connectivity index (χ0n) is 11.0. The second kappa shape index (κ2) is 6.07. The van der Waals surface area contributed by atoms with Crippen LogP contribution in [0, 0.1) is 11.7 Å². The zero-order valence-corrected chi connectivity index (χ0v) is 11.9. The van der Waals surface area contributed by atoms with Crippen molar-refractivity contribution in [2.45, 2.75) is 36.7 Å². The zero-order chi connectivity index (χ0) is 14.8. The van der Waals surface area contributed by atoms with Crippen molar-refractivity contribution in [3.05, 3.63) is 24.0 Å². The third-order valence-corrected chi connectivity index (χ3v) is 5.08. The standard InChI is InChI=1S/C13H19FN2O3S/c14-12-6-5-11(7-13(12)15)20(18,19)16-8-9-1-3-10(17)4-2-9/h5-7,9-10,16-17H,1-4,8,15H2. The minimum absolute atomic E-state index is 0.0350. The molecule has 2 rings (SSSR count). The molecule has 4 N–H and O–H groups in total. The molecule has 1 saturated carbocycles. The summed E-state index contributed by atoms with van der Waals surface area (Å²) in [6.07, 6.45) is 2.75. The Balaban J connectivity index is 1.98. The number of halogens is 1. The van der Waals surface area contributed by atoms with Crippen LogP contribution in [-0.4, -0.2) is 26.2 Å². The van der Waals surface area contributed by atoms with Gasteiger partial charge < -0.3 is 10.8 Å². The van der Waals surface area contributed by atoms with E-state index in [0.29, 0.717) is 19.4 Å². The number of nitrogen functional groups attached to an aromatic ring is 1. The van der Waals surface area contributed by atoms with E-state index in [2.05, 4.69) is 4.72 Å². The van der Waals surface area contributed by atoms with Crippen LogP contribution < -0.4 is 10.5 Å². The first-order chi connectivity index (χ1) is 9.38. The molecule has 0 spiro atoms. The highest BCUT2D eigenvalue weighted by atomic mass is 32.2. The number of hydrogen-bond donors (Lipinski definition) is 3. The smallest absolute Gasteiger partial charge is 0.240 e. The summed E-state index contributed by atoms with van der Waals surface area (Å²) in [6.45, 7) is 0.326. The van der Waals surface area contributed by atoms with E-state index in [1.807, 2.05) is 0 Å². The highest BCUT2D eigenvalue weighted by molar-refractivity contribution is 7.89. The largest absolute Gasteiger partial charge is 0.396 e. The lowest BCUT2D eigenvalue weighted by molar-refractivity contribution is 0.109. The molecule has 1 fully saturated rings. The average molecular weight is 302 g/mol. The van der Waals surface area contributed by atoms with Gasteiger partial charge in [0.1, 0.15) is 5.82 Å². The number of sulfonamides is 1. The van der Waals surface area contributed by atoms with Gasteiger partial charge in [0.2, 0.25) is 10.0 Å². The molecule has 112 valence electrons. The molecule has 1 aliphatic rings. The maximum absolute atomic E-state index is 13.0. The predicted octanol–water partition coefficient (Wildman–Crippen LogP) is 1.24. The van der Waals surface area contributed by atoms with Crippen LogP contribution in [0.25, 0.3) is 0 Å². The first-order valence-corrected chi connectivity index (χ1v) is 8.09. The summed E-state index contributed by atoms with van der Waals surface area (Å²) in [5.41, 5.74) is 5.19. The monoisotopic (exact) mass is 302 g/mol. The highest BCUT2D eigenvalue weighted by Crippen LogP contribution is 2.24. The van der Waals surface area contributed by atoms with Crippen molar-refractivity contribution in [1.82, 2.24) is 4.72 Å². The van der Waals surface area contributed by atoms with Crippen LogP contribution in [0.15, 0.2) is 23.1 Å². The third-order valence-electron chi connectivity index (χ3n) is 3.66. The van der Waals surface area contributed by atoms with Gasteiger partial charge in [-0.25, -0.2) is 17.5 Å². The quantitative estimate of drug-likeness (QED) is 0.730. The average Bonchev–Trinajstić information content (AvgIpc) is 2.41. The molecule has 7 heteroatoms. The van der Waals surface area contributed by atoms with Crippen LogP contribution in [-0.2, 0) is 10.0 Å². The molecule has 1 aliphatic carbocycles. The van der Waals surface area contributed by atoms with E-state index >= 15 is 0 Å². The molecule has 0 bridgehead atoms. The molecule has 1 aromatic rings. The molecule has 0 amide bonds. The molecule has 20 heavy (non-hydrogen) atoms. The van der Waals surface area contributed by atoms with Crippen LogP contribution in [0.2, 0.25) is 0 Å². The first-order valence-electron chi connectivity index (χ1n) is 6.61. The summed E-state index contributed by atoms with van der Waals surface area (Å²) in [7, 11) is -3.67. The summed E-state index contributed by atoms with van der Waals surface area (Å²) >= 11 is 0. The fraction of sp³-hybridized carbons (Fsp3) is 0.538. The second-order valence-corrected chi connectivity index (χ2v) is 6.98. The Morgan fingerprint density at radius 1 is 1.30 bits per heavy atom. The summed E-state index contributed by atoms with van der Waals surface area (Å²) in [5.74, 6) is -0.406. The maximum Gasteiger partial charge on any atom is 0.240 e. The number of anilines is 1. The Labute approximate surface area is 118 Å². The fourth-order valence-electron chi connectivity index (χ4n) is 2.35. The van der Waals surface area contributed by atoms with Crippen molar-refractivity contribution in [2.75, 3.05) is 12.3 Å². The number of nitrogens with two attached hydrogens (primary N) is 1.